The van der Waals surface area contributed by atoms with E-state index in [-0.39, 0.29) is 17.5 Å². The van der Waals surface area contributed by atoms with Crippen molar-refractivity contribution in [2.75, 3.05) is 18.5 Å². The van der Waals surface area contributed by atoms with E-state index in [1.807, 2.05) is 0 Å². The molecule has 1 aromatic rings. The van der Waals surface area contributed by atoms with Crippen LogP contribution >= 0.6 is 12.2 Å². The van der Waals surface area contributed by atoms with E-state index in [1.165, 1.54) is 12.1 Å². The minimum Gasteiger partial charge on any atom is -0.360 e. The van der Waals surface area contributed by atoms with Crippen LogP contribution in [0.15, 0.2) is 24.3 Å². The molecular weight excluding hydrogens is 206 g/mol. The molecule has 0 amide bonds. The quantitative estimate of drug-likeness (QED) is 0.756. The van der Waals surface area contributed by atoms with Crippen LogP contribution in [0.25, 0.3) is 0 Å². The predicted octanol–water partition coefficient (Wildman–Crippen LogP) is 2.08. The van der Waals surface area contributed by atoms with Gasteiger partial charge in [0.15, 0.2) is 5.11 Å². The van der Waals surface area contributed by atoms with Crippen LogP contribution in [0.4, 0.5) is 14.5 Å². The van der Waals surface area contributed by atoms with Gasteiger partial charge in [-0.2, -0.15) is 0 Å². The van der Waals surface area contributed by atoms with Crippen LogP contribution in [-0.4, -0.2) is 18.3 Å². The van der Waals surface area contributed by atoms with Crippen molar-refractivity contribution in [1.29, 1.82) is 0 Å². The Hall–Kier alpha value is -1.23. The molecule has 0 heterocycles. The number of benzene rings is 1. The van der Waals surface area contributed by atoms with Crippen molar-refractivity contribution >= 4 is 23.0 Å². The highest BCUT2D eigenvalue weighted by Gasteiger charge is 1.97. The normalized spacial score (nSPS) is 9.57. The fourth-order valence-corrected chi connectivity index (χ4v) is 1.12. The second kappa shape index (κ2) is 5.49. The second-order valence-corrected chi connectivity index (χ2v) is 2.99. The number of alkyl halides is 1. The number of hydrogen-bond donors (Lipinski definition) is 2. The molecule has 0 spiro atoms. The molecule has 0 unspecified atom stereocenters. The molecule has 2 N–H and O–H groups in total. The van der Waals surface area contributed by atoms with Crippen LogP contribution in [-0.2, 0) is 0 Å². The number of nitrogens with one attached hydrogen (secondary N) is 2. The Morgan fingerprint density at radius 1 is 1.43 bits per heavy atom. The zero-order chi connectivity index (χ0) is 10.4. The molecule has 2 nitrogen and oxygen atoms in total. The fourth-order valence-electron chi connectivity index (χ4n) is 0.902. The number of hydrogen-bond acceptors (Lipinski definition) is 1. The first-order valence-electron chi connectivity index (χ1n) is 4.09. The molecule has 0 atom stereocenters. The average molecular weight is 216 g/mol. The van der Waals surface area contributed by atoms with E-state index in [9.17, 15) is 8.78 Å². The Labute approximate surface area is 86.3 Å². The largest absolute Gasteiger partial charge is 0.360 e. The summed E-state index contributed by atoms with van der Waals surface area (Å²) in [4.78, 5) is 0. The molecule has 14 heavy (non-hydrogen) atoms. The van der Waals surface area contributed by atoms with Gasteiger partial charge in [0.05, 0.1) is 0 Å². The Morgan fingerprint density at radius 3 is 2.86 bits per heavy atom. The van der Waals surface area contributed by atoms with Gasteiger partial charge in [-0.15, -0.1) is 0 Å². The van der Waals surface area contributed by atoms with E-state index in [4.69, 9.17) is 12.2 Å². The van der Waals surface area contributed by atoms with Gasteiger partial charge in [0.2, 0.25) is 0 Å². The number of halogens is 2. The van der Waals surface area contributed by atoms with Crippen molar-refractivity contribution in [3.63, 3.8) is 0 Å². The average Bonchev–Trinajstić information content (AvgIpc) is 2.15. The van der Waals surface area contributed by atoms with Gasteiger partial charge in [0.25, 0.3) is 0 Å². The van der Waals surface area contributed by atoms with Crippen LogP contribution in [0.2, 0.25) is 0 Å². The summed E-state index contributed by atoms with van der Waals surface area (Å²) < 4.78 is 24.5. The van der Waals surface area contributed by atoms with Gasteiger partial charge in [-0.05, 0) is 30.4 Å². The van der Waals surface area contributed by atoms with Gasteiger partial charge in [-0.25, -0.2) is 8.78 Å². The van der Waals surface area contributed by atoms with E-state index < -0.39 is 6.67 Å². The molecule has 0 aliphatic heterocycles. The lowest BCUT2D eigenvalue weighted by Gasteiger charge is -2.08. The van der Waals surface area contributed by atoms with Crippen molar-refractivity contribution in [3.05, 3.63) is 30.1 Å². The smallest absolute Gasteiger partial charge is 0.170 e. The Bertz CT molecular complexity index is 317. The maximum atomic E-state index is 12.7. The predicted molar refractivity (Wildman–Crippen MR) is 56.6 cm³/mol. The minimum absolute atomic E-state index is 0.154. The monoisotopic (exact) mass is 216 g/mol. The first-order valence-corrected chi connectivity index (χ1v) is 4.49. The van der Waals surface area contributed by atoms with E-state index in [0.717, 1.165) is 0 Å². The Balaban J connectivity index is 2.47. The highest BCUT2D eigenvalue weighted by atomic mass is 32.1. The lowest BCUT2D eigenvalue weighted by molar-refractivity contribution is 0.492. The molecule has 0 bridgehead atoms. The third-order valence-corrected chi connectivity index (χ3v) is 1.71. The van der Waals surface area contributed by atoms with Crippen LogP contribution in [0, 0.1) is 5.82 Å². The number of rotatable bonds is 3. The highest BCUT2D eigenvalue weighted by molar-refractivity contribution is 7.80. The lowest BCUT2D eigenvalue weighted by atomic mass is 10.3. The zero-order valence-corrected chi connectivity index (χ0v) is 8.20. The number of thiocarbonyl (C=S) groups is 1. The van der Waals surface area contributed by atoms with Gasteiger partial charge in [-0.3, -0.25) is 0 Å². The highest BCUT2D eigenvalue weighted by Crippen LogP contribution is 2.08. The van der Waals surface area contributed by atoms with E-state index in [0.29, 0.717) is 5.69 Å². The molecule has 0 saturated carbocycles. The summed E-state index contributed by atoms with van der Waals surface area (Å²) in [6.45, 7) is -0.341. The molecule has 0 aliphatic rings. The lowest BCUT2D eigenvalue weighted by Crippen LogP contribution is -2.30. The maximum absolute atomic E-state index is 12.7. The molecule has 0 saturated heterocycles. The summed E-state index contributed by atoms with van der Waals surface area (Å²) >= 11 is 4.83. The molecule has 0 radical (unpaired) electrons. The summed E-state index contributed by atoms with van der Waals surface area (Å²) in [6, 6.07) is 5.88. The Kier molecular flexibility index (Phi) is 4.25. The van der Waals surface area contributed by atoms with Gasteiger partial charge >= 0.3 is 0 Å². The van der Waals surface area contributed by atoms with Crippen molar-refractivity contribution < 1.29 is 8.78 Å². The molecular formula is C9H10F2N2S. The summed E-state index contributed by atoms with van der Waals surface area (Å²) in [5, 5.41) is 5.64. The van der Waals surface area contributed by atoms with Crippen LogP contribution in [0.3, 0.4) is 0 Å². The minimum atomic E-state index is -0.495. The van der Waals surface area contributed by atoms with Crippen molar-refractivity contribution in [2.24, 2.45) is 0 Å². The SMILES string of the molecule is FCCNC(=S)Nc1cccc(F)c1. The van der Waals surface area contributed by atoms with Crippen molar-refractivity contribution in [1.82, 2.24) is 5.32 Å². The molecule has 1 rings (SSSR count). The van der Waals surface area contributed by atoms with E-state index >= 15 is 0 Å². The van der Waals surface area contributed by atoms with Gasteiger partial charge in [0, 0.05) is 12.2 Å². The summed E-state index contributed by atoms with van der Waals surface area (Å²) in [7, 11) is 0. The number of anilines is 1. The van der Waals surface area contributed by atoms with Crippen LogP contribution < -0.4 is 10.6 Å². The van der Waals surface area contributed by atoms with Crippen LogP contribution in [0.5, 0.6) is 0 Å². The third-order valence-electron chi connectivity index (χ3n) is 1.46. The molecule has 0 aliphatic carbocycles. The Morgan fingerprint density at radius 2 is 2.21 bits per heavy atom. The van der Waals surface area contributed by atoms with Crippen molar-refractivity contribution in [3.8, 4) is 0 Å². The zero-order valence-electron chi connectivity index (χ0n) is 7.39. The molecule has 1 aromatic carbocycles. The summed E-state index contributed by atoms with van der Waals surface area (Å²) in [5.74, 6) is -0.344. The molecule has 76 valence electrons. The summed E-state index contributed by atoms with van der Waals surface area (Å²) in [5.41, 5.74) is 0.543. The first kappa shape index (κ1) is 10.8. The third kappa shape index (κ3) is 3.66. The molecule has 0 aromatic heterocycles. The fraction of sp³-hybridized carbons (Fsp3) is 0.222. The van der Waals surface area contributed by atoms with Gasteiger partial charge < -0.3 is 10.6 Å². The standard InChI is InChI=1S/C9H10F2N2S/c10-4-5-12-9(14)13-8-3-1-2-7(11)6-8/h1-3,6H,4-5H2,(H2,12,13,14). The van der Waals surface area contributed by atoms with Crippen LogP contribution in [0.1, 0.15) is 0 Å². The topological polar surface area (TPSA) is 24.1 Å². The maximum Gasteiger partial charge on any atom is 0.170 e. The van der Waals surface area contributed by atoms with Crippen molar-refractivity contribution in [2.45, 2.75) is 0 Å². The second-order valence-electron chi connectivity index (χ2n) is 2.58. The van der Waals surface area contributed by atoms with E-state index in [1.54, 1.807) is 12.1 Å². The molecule has 0 fully saturated rings. The van der Waals surface area contributed by atoms with Gasteiger partial charge in [-0.1, -0.05) is 6.07 Å². The molecule has 5 heteroatoms. The van der Waals surface area contributed by atoms with E-state index in [2.05, 4.69) is 10.6 Å². The first-order chi connectivity index (χ1) is 6.72. The van der Waals surface area contributed by atoms with Gasteiger partial charge in [0.1, 0.15) is 12.5 Å². The summed E-state index contributed by atoms with van der Waals surface area (Å²) in [6.07, 6.45) is 0.